The highest BCUT2D eigenvalue weighted by Gasteiger charge is 2.49. The first-order chi connectivity index (χ1) is 9.75. The van der Waals surface area contributed by atoms with E-state index in [9.17, 15) is 10.2 Å². The first kappa shape index (κ1) is 17.1. The van der Waals surface area contributed by atoms with Crippen LogP contribution in [0.2, 0.25) is 0 Å². The molecule has 0 aromatic heterocycles. The summed E-state index contributed by atoms with van der Waals surface area (Å²) in [7, 11) is 0. The minimum absolute atomic E-state index is 0.0753. The largest absolute Gasteiger partial charge is 0.412 e. The quantitative estimate of drug-likeness (QED) is 0.805. The van der Waals surface area contributed by atoms with Crippen LogP contribution in [0.4, 0.5) is 0 Å². The van der Waals surface area contributed by atoms with Crippen molar-refractivity contribution in [3.8, 4) is 0 Å². The average Bonchev–Trinajstić information content (AvgIpc) is 2.48. The van der Waals surface area contributed by atoms with Crippen LogP contribution in [0.25, 0.3) is 0 Å². The van der Waals surface area contributed by atoms with Gasteiger partial charge in [-0.05, 0) is 10.8 Å². The third-order valence-electron chi connectivity index (χ3n) is 4.87. The molecule has 0 amide bonds. The van der Waals surface area contributed by atoms with E-state index in [4.69, 9.17) is 18.9 Å². The summed E-state index contributed by atoms with van der Waals surface area (Å²) in [4.78, 5) is 0. The molecule has 0 bridgehead atoms. The molecule has 2 fully saturated rings. The summed E-state index contributed by atoms with van der Waals surface area (Å²) in [5.74, 6) is 0.180. The zero-order valence-electron chi connectivity index (χ0n) is 13.4. The lowest BCUT2D eigenvalue weighted by Gasteiger charge is -2.47. The molecule has 0 aliphatic carbocycles. The molecule has 6 nitrogen and oxygen atoms in total. The van der Waals surface area contributed by atoms with Gasteiger partial charge < -0.3 is 29.2 Å². The summed E-state index contributed by atoms with van der Waals surface area (Å²) in [6, 6.07) is 0. The Morgan fingerprint density at radius 2 is 1.05 bits per heavy atom. The van der Waals surface area contributed by atoms with Crippen molar-refractivity contribution in [1.82, 2.24) is 0 Å². The Hall–Kier alpha value is -0.240. The first-order valence-electron chi connectivity index (χ1n) is 7.52. The molecule has 2 aliphatic rings. The summed E-state index contributed by atoms with van der Waals surface area (Å²) >= 11 is 0. The van der Waals surface area contributed by atoms with Crippen molar-refractivity contribution in [3.63, 3.8) is 0 Å². The normalized spacial score (nSPS) is 35.1. The molecule has 2 aliphatic heterocycles. The van der Waals surface area contributed by atoms with Crippen molar-refractivity contribution in [3.05, 3.63) is 0 Å². The average molecular weight is 304 g/mol. The molecular formula is C15H28O6. The summed E-state index contributed by atoms with van der Waals surface area (Å²) in [5.41, 5.74) is -0.532. The molecule has 6 heteroatoms. The Bertz CT molecular complexity index is 301. The molecule has 0 unspecified atom stereocenters. The third-order valence-corrected chi connectivity index (χ3v) is 4.87. The van der Waals surface area contributed by atoms with E-state index in [0.717, 1.165) is 0 Å². The van der Waals surface area contributed by atoms with Gasteiger partial charge in [0.1, 0.15) is 0 Å². The number of hydrogen-bond donors (Lipinski definition) is 2. The lowest BCUT2D eigenvalue weighted by Crippen LogP contribution is -2.56. The fourth-order valence-electron chi connectivity index (χ4n) is 2.32. The second-order valence-electron chi connectivity index (χ2n) is 7.43. The van der Waals surface area contributed by atoms with E-state index in [1.807, 2.05) is 27.7 Å². The van der Waals surface area contributed by atoms with Crippen molar-refractivity contribution < 1.29 is 29.2 Å². The number of aliphatic hydroxyl groups is 2. The SMILES string of the molecule is CC(C)(CO)C1COC2(OC1)OCC(C(C)(C)CO)CO2. The van der Waals surface area contributed by atoms with Gasteiger partial charge in [0.25, 0.3) is 0 Å². The highest BCUT2D eigenvalue weighted by molar-refractivity contribution is 4.82. The number of rotatable bonds is 4. The van der Waals surface area contributed by atoms with Crippen molar-refractivity contribution >= 4 is 0 Å². The van der Waals surface area contributed by atoms with E-state index in [2.05, 4.69) is 0 Å². The van der Waals surface area contributed by atoms with Crippen molar-refractivity contribution in [2.24, 2.45) is 22.7 Å². The molecular weight excluding hydrogens is 276 g/mol. The van der Waals surface area contributed by atoms with Crippen molar-refractivity contribution in [1.29, 1.82) is 0 Å². The van der Waals surface area contributed by atoms with Gasteiger partial charge in [-0.15, -0.1) is 0 Å². The molecule has 124 valence electrons. The van der Waals surface area contributed by atoms with Gasteiger partial charge in [0.2, 0.25) is 0 Å². The van der Waals surface area contributed by atoms with Gasteiger partial charge in [-0.25, -0.2) is 0 Å². The van der Waals surface area contributed by atoms with Crippen molar-refractivity contribution in [2.45, 2.75) is 33.9 Å². The molecule has 0 aromatic carbocycles. The maximum Gasteiger partial charge on any atom is 0.412 e. The van der Waals surface area contributed by atoms with E-state index in [1.165, 1.54) is 0 Å². The minimum Gasteiger partial charge on any atom is -0.396 e. The monoisotopic (exact) mass is 304 g/mol. The fraction of sp³-hybridized carbons (Fsp3) is 1.00. The smallest absolute Gasteiger partial charge is 0.396 e. The summed E-state index contributed by atoms with van der Waals surface area (Å²) in [6.45, 7) is 9.73. The summed E-state index contributed by atoms with van der Waals surface area (Å²) in [6.07, 6.45) is -1.41. The number of aliphatic hydroxyl groups excluding tert-OH is 2. The number of ether oxygens (including phenoxy) is 4. The first-order valence-corrected chi connectivity index (χ1v) is 7.52. The second kappa shape index (κ2) is 6.10. The van der Waals surface area contributed by atoms with Gasteiger partial charge in [-0.1, -0.05) is 27.7 Å². The van der Waals surface area contributed by atoms with Crippen LogP contribution in [-0.4, -0.2) is 56.0 Å². The lowest BCUT2D eigenvalue weighted by molar-refractivity contribution is -0.539. The molecule has 0 saturated carbocycles. The lowest BCUT2D eigenvalue weighted by atomic mass is 9.80. The standard InChI is InChI=1S/C15H28O6/c1-13(2,9-16)11-5-18-15(19-6-11)20-7-12(8-21-15)14(3,4)10-17/h11-12,16-17H,5-10H2,1-4H3. The van der Waals surface area contributed by atoms with Crippen LogP contribution in [0.1, 0.15) is 27.7 Å². The van der Waals surface area contributed by atoms with Gasteiger partial charge in [0, 0.05) is 25.0 Å². The summed E-state index contributed by atoms with van der Waals surface area (Å²) < 4.78 is 22.6. The Balaban J connectivity index is 1.89. The highest BCUT2D eigenvalue weighted by atomic mass is 17.0. The van der Waals surface area contributed by atoms with Gasteiger partial charge in [-0.2, -0.15) is 0 Å². The number of hydrogen-bond acceptors (Lipinski definition) is 6. The molecule has 2 saturated heterocycles. The molecule has 1 spiro atoms. The maximum atomic E-state index is 9.40. The predicted molar refractivity (Wildman–Crippen MR) is 75.3 cm³/mol. The highest BCUT2D eigenvalue weighted by Crippen LogP contribution is 2.38. The van der Waals surface area contributed by atoms with E-state index in [-0.39, 0.29) is 35.9 Å². The van der Waals surface area contributed by atoms with E-state index in [1.54, 1.807) is 0 Å². The Morgan fingerprint density at radius 3 is 1.29 bits per heavy atom. The van der Waals surface area contributed by atoms with Crippen LogP contribution in [0.3, 0.4) is 0 Å². The van der Waals surface area contributed by atoms with Crippen molar-refractivity contribution in [2.75, 3.05) is 39.6 Å². The Labute approximate surface area is 126 Å². The Morgan fingerprint density at radius 1 is 0.762 bits per heavy atom. The molecule has 2 rings (SSSR count). The predicted octanol–water partition coefficient (Wildman–Crippen LogP) is 0.961. The zero-order chi connectivity index (χ0) is 15.7. The second-order valence-corrected chi connectivity index (χ2v) is 7.43. The van der Waals surface area contributed by atoms with Crippen LogP contribution in [0, 0.1) is 22.7 Å². The molecule has 2 N–H and O–H groups in total. The third kappa shape index (κ3) is 3.57. The fourth-order valence-corrected chi connectivity index (χ4v) is 2.32. The van der Waals surface area contributed by atoms with Crippen LogP contribution in [-0.2, 0) is 18.9 Å². The topological polar surface area (TPSA) is 77.4 Å². The van der Waals surface area contributed by atoms with Gasteiger partial charge in [0.05, 0.1) is 26.4 Å². The van der Waals surface area contributed by atoms with Crippen LogP contribution >= 0.6 is 0 Å². The van der Waals surface area contributed by atoms with E-state index in [0.29, 0.717) is 26.4 Å². The zero-order valence-corrected chi connectivity index (χ0v) is 13.4. The van der Waals surface area contributed by atoms with Gasteiger partial charge >= 0.3 is 6.16 Å². The van der Waals surface area contributed by atoms with Crippen LogP contribution in [0.15, 0.2) is 0 Å². The van der Waals surface area contributed by atoms with Gasteiger partial charge in [0.15, 0.2) is 0 Å². The van der Waals surface area contributed by atoms with Gasteiger partial charge in [-0.3, -0.25) is 0 Å². The van der Waals surface area contributed by atoms with E-state index >= 15 is 0 Å². The molecule has 0 radical (unpaired) electrons. The van der Waals surface area contributed by atoms with E-state index < -0.39 is 6.16 Å². The molecule has 0 atom stereocenters. The molecule has 0 aromatic rings. The minimum atomic E-state index is -1.41. The maximum absolute atomic E-state index is 9.40. The molecule has 2 heterocycles. The summed E-state index contributed by atoms with van der Waals surface area (Å²) in [5, 5.41) is 18.8. The Kier molecular flexibility index (Phi) is 4.97. The molecule has 21 heavy (non-hydrogen) atoms. The van der Waals surface area contributed by atoms with Crippen LogP contribution in [0.5, 0.6) is 0 Å². The van der Waals surface area contributed by atoms with Crippen LogP contribution < -0.4 is 0 Å².